The molecule has 0 radical (unpaired) electrons. The molecule has 6 heteroatoms. The molecule has 1 aliphatic heterocycles. The first-order valence-electron chi connectivity index (χ1n) is 11.8. The molecule has 1 saturated heterocycles. The Labute approximate surface area is 188 Å². The summed E-state index contributed by atoms with van der Waals surface area (Å²) in [5, 5.41) is 13.0. The largest absolute Gasteiger partial charge is 0.472 e. The maximum absolute atomic E-state index is 9.62. The summed E-state index contributed by atoms with van der Waals surface area (Å²) in [5.74, 6) is 0.639. The van der Waals surface area contributed by atoms with E-state index in [0.29, 0.717) is 5.88 Å². The molecule has 0 amide bonds. The molecule has 3 heterocycles. The molecular formula is C25H40N4O2. The van der Waals surface area contributed by atoms with E-state index >= 15 is 0 Å². The van der Waals surface area contributed by atoms with E-state index in [0.717, 1.165) is 63.3 Å². The van der Waals surface area contributed by atoms with Crippen molar-refractivity contribution in [2.75, 3.05) is 31.1 Å². The molecule has 2 N–H and O–H groups in total. The van der Waals surface area contributed by atoms with Gasteiger partial charge in [0.2, 0.25) is 5.88 Å². The molecule has 4 rings (SSSR count). The molecule has 1 saturated carbocycles. The average molecular weight is 429 g/mol. The van der Waals surface area contributed by atoms with Gasteiger partial charge in [-0.2, -0.15) is 0 Å². The second kappa shape index (κ2) is 14.0. The van der Waals surface area contributed by atoms with E-state index in [4.69, 9.17) is 4.74 Å². The fourth-order valence-electron chi connectivity index (χ4n) is 3.67. The van der Waals surface area contributed by atoms with Crippen LogP contribution < -0.4 is 15.0 Å². The Bertz CT molecular complexity index is 731. The Hall–Kier alpha value is -2.18. The lowest BCUT2D eigenvalue weighted by atomic mass is 10.2. The standard InChI is InChI=1S/C12H17NO2.C11H17N3.C2H6/c1-2-9-5-3-8-12(13-9)15-11-7-4-6-10(11)14;1-10-3-4-11(9-13-10)14-7-2-5-12-6-8-14;1-2/h3,5,8,10-11,14H,2,4,6-7H2,1H3;3-4,9,12H,2,5-8H2,1H3;1-2H3. The first kappa shape index (κ1) is 25.1. The number of nitrogens with one attached hydrogen (secondary N) is 1. The van der Waals surface area contributed by atoms with Crippen molar-refractivity contribution in [1.29, 1.82) is 0 Å². The van der Waals surface area contributed by atoms with Crippen molar-refractivity contribution < 1.29 is 9.84 Å². The zero-order valence-corrected chi connectivity index (χ0v) is 19.7. The Morgan fingerprint density at radius 1 is 1.10 bits per heavy atom. The molecule has 172 valence electrons. The number of hydrogen-bond acceptors (Lipinski definition) is 6. The van der Waals surface area contributed by atoms with Crippen LogP contribution in [0.2, 0.25) is 0 Å². The zero-order valence-electron chi connectivity index (χ0n) is 19.7. The van der Waals surface area contributed by atoms with Crippen molar-refractivity contribution in [2.24, 2.45) is 0 Å². The van der Waals surface area contributed by atoms with Crippen LogP contribution in [-0.2, 0) is 6.42 Å². The molecule has 2 fully saturated rings. The summed E-state index contributed by atoms with van der Waals surface area (Å²) in [7, 11) is 0. The van der Waals surface area contributed by atoms with E-state index in [-0.39, 0.29) is 12.2 Å². The second-order valence-corrected chi connectivity index (χ2v) is 7.72. The Morgan fingerprint density at radius 3 is 2.61 bits per heavy atom. The first-order chi connectivity index (χ1) is 15.2. The smallest absolute Gasteiger partial charge is 0.213 e. The molecule has 0 aromatic carbocycles. The lowest BCUT2D eigenvalue weighted by Gasteiger charge is -2.21. The van der Waals surface area contributed by atoms with Crippen LogP contribution in [0.4, 0.5) is 5.69 Å². The second-order valence-electron chi connectivity index (χ2n) is 7.72. The van der Waals surface area contributed by atoms with E-state index in [1.54, 1.807) is 0 Å². The Morgan fingerprint density at radius 2 is 1.94 bits per heavy atom. The monoisotopic (exact) mass is 428 g/mol. The van der Waals surface area contributed by atoms with Crippen LogP contribution in [0.1, 0.15) is 57.8 Å². The van der Waals surface area contributed by atoms with E-state index in [1.165, 1.54) is 12.1 Å². The minimum absolute atomic E-state index is 0.0652. The normalized spacial score (nSPS) is 20.6. The maximum Gasteiger partial charge on any atom is 0.213 e. The molecule has 31 heavy (non-hydrogen) atoms. The van der Waals surface area contributed by atoms with Gasteiger partial charge in [-0.25, -0.2) is 4.98 Å². The summed E-state index contributed by atoms with van der Waals surface area (Å²) < 4.78 is 5.67. The Balaban J connectivity index is 0.000000204. The van der Waals surface area contributed by atoms with Crippen LogP contribution in [0, 0.1) is 6.92 Å². The minimum Gasteiger partial charge on any atom is -0.472 e. The summed E-state index contributed by atoms with van der Waals surface area (Å²) in [4.78, 5) is 11.1. The summed E-state index contributed by atoms with van der Waals surface area (Å²) in [6, 6.07) is 10.0. The van der Waals surface area contributed by atoms with Gasteiger partial charge in [0.05, 0.1) is 18.0 Å². The SMILES string of the molecule is CC.CCc1cccc(OC2CCCC2O)n1.Cc1ccc(N2CCCNCC2)cn1. The van der Waals surface area contributed by atoms with Crippen LogP contribution in [-0.4, -0.2) is 53.5 Å². The number of aromatic nitrogens is 2. The highest BCUT2D eigenvalue weighted by molar-refractivity contribution is 5.44. The maximum atomic E-state index is 9.62. The molecule has 2 atom stereocenters. The van der Waals surface area contributed by atoms with Crippen molar-refractivity contribution in [1.82, 2.24) is 15.3 Å². The quantitative estimate of drug-likeness (QED) is 0.762. The summed E-state index contributed by atoms with van der Waals surface area (Å²) >= 11 is 0. The number of pyridine rings is 2. The van der Waals surface area contributed by atoms with Gasteiger partial charge in [-0.3, -0.25) is 4.98 Å². The van der Waals surface area contributed by atoms with Crippen LogP contribution in [0.25, 0.3) is 0 Å². The Kier molecular flexibility index (Phi) is 11.3. The van der Waals surface area contributed by atoms with Gasteiger partial charge >= 0.3 is 0 Å². The van der Waals surface area contributed by atoms with Gasteiger partial charge in [-0.15, -0.1) is 0 Å². The number of aliphatic hydroxyl groups is 1. The van der Waals surface area contributed by atoms with Gasteiger partial charge in [0.15, 0.2) is 0 Å². The minimum atomic E-state index is -0.322. The fourth-order valence-corrected chi connectivity index (χ4v) is 3.67. The molecule has 2 aliphatic rings. The van der Waals surface area contributed by atoms with E-state index < -0.39 is 0 Å². The van der Waals surface area contributed by atoms with Gasteiger partial charge < -0.3 is 20.1 Å². The van der Waals surface area contributed by atoms with Crippen molar-refractivity contribution >= 4 is 5.69 Å². The number of nitrogens with zero attached hydrogens (tertiary/aromatic N) is 3. The van der Waals surface area contributed by atoms with Gasteiger partial charge in [0.1, 0.15) is 6.10 Å². The van der Waals surface area contributed by atoms with Gasteiger partial charge in [-0.05, 0) is 63.8 Å². The third-order valence-electron chi connectivity index (χ3n) is 5.43. The highest BCUT2D eigenvalue weighted by Gasteiger charge is 2.27. The van der Waals surface area contributed by atoms with Gasteiger partial charge in [-0.1, -0.05) is 26.8 Å². The molecule has 2 aromatic heterocycles. The lowest BCUT2D eigenvalue weighted by molar-refractivity contribution is 0.0573. The van der Waals surface area contributed by atoms with E-state index in [1.807, 2.05) is 45.2 Å². The summed E-state index contributed by atoms with van der Waals surface area (Å²) in [6.45, 7) is 12.5. The molecule has 6 nitrogen and oxygen atoms in total. The molecule has 2 unspecified atom stereocenters. The average Bonchev–Trinajstić information content (AvgIpc) is 3.04. The van der Waals surface area contributed by atoms with Crippen LogP contribution in [0.15, 0.2) is 36.5 Å². The summed E-state index contributed by atoms with van der Waals surface area (Å²) in [6.07, 6.45) is 6.52. The van der Waals surface area contributed by atoms with E-state index in [9.17, 15) is 5.11 Å². The van der Waals surface area contributed by atoms with Crippen molar-refractivity contribution in [3.8, 4) is 5.88 Å². The van der Waals surface area contributed by atoms with Gasteiger partial charge in [0, 0.05) is 37.1 Å². The van der Waals surface area contributed by atoms with Crippen LogP contribution >= 0.6 is 0 Å². The predicted octanol–water partition coefficient (Wildman–Crippen LogP) is 4.15. The third kappa shape index (κ3) is 8.46. The topological polar surface area (TPSA) is 70.5 Å². The summed E-state index contributed by atoms with van der Waals surface area (Å²) in [5.41, 5.74) is 3.36. The highest BCUT2D eigenvalue weighted by Crippen LogP contribution is 2.23. The van der Waals surface area contributed by atoms with Crippen LogP contribution in [0.3, 0.4) is 0 Å². The molecule has 0 bridgehead atoms. The van der Waals surface area contributed by atoms with Crippen molar-refractivity contribution in [3.63, 3.8) is 0 Å². The molecule has 0 spiro atoms. The lowest BCUT2D eigenvalue weighted by Crippen LogP contribution is -2.27. The number of ether oxygens (including phenoxy) is 1. The number of rotatable bonds is 4. The molecule has 2 aromatic rings. The number of hydrogen-bond donors (Lipinski definition) is 2. The number of aryl methyl sites for hydroxylation is 2. The molecule has 1 aliphatic carbocycles. The molecular weight excluding hydrogens is 388 g/mol. The number of anilines is 1. The van der Waals surface area contributed by atoms with E-state index in [2.05, 4.69) is 39.2 Å². The van der Waals surface area contributed by atoms with Gasteiger partial charge in [0.25, 0.3) is 0 Å². The van der Waals surface area contributed by atoms with Crippen molar-refractivity contribution in [3.05, 3.63) is 47.9 Å². The zero-order chi connectivity index (χ0) is 22.5. The third-order valence-corrected chi connectivity index (χ3v) is 5.43. The first-order valence-corrected chi connectivity index (χ1v) is 11.8. The predicted molar refractivity (Wildman–Crippen MR) is 128 cm³/mol. The van der Waals surface area contributed by atoms with Crippen LogP contribution in [0.5, 0.6) is 5.88 Å². The highest BCUT2D eigenvalue weighted by atomic mass is 16.5. The van der Waals surface area contributed by atoms with Crippen molar-refractivity contribution in [2.45, 2.75) is 72.0 Å². The number of aliphatic hydroxyl groups excluding tert-OH is 1. The fraction of sp³-hybridized carbons (Fsp3) is 0.600.